The molecule has 1 aromatic rings. The summed E-state index contributed by atoms with van der Waals surface area (Å²) in [6.07, 6.45) is 31.5. The second kappa shape index (κ2) is 22.7. The highest BCUT2D eigenvalue weighted by molar-refractivity contribution is 7.99. The molecule has 0 radical (unpaired) electrons. The van der Waals surface area contributed by atoms with Crippen LogP contribution in [-0.4, -0.2) is 18.5 Å². The Labute approximate surface area is 224 Å². The third-order valence-corrected chi connectivity index (χ3v) is 9.19. The molecule has 1 heterocycles. The minimum Gasteiger partial charge on any atom is -0.378 e. The van der Waals surface area contributed by atoms with Crippen molar-refractivity contribution < 1.29 is 4.74 Å². The molecular weight excluding hydrogens is 444 g/mol. The molecule has 0 amide bonds. The van der Waals surface area contributed by atoms with Crippen molar-refractivity contribution in [3.63, 3.8) is 0 Å². The van der Waals surface area contributed by atoms with E-state index in [4.69, 9.17) is 4.74 Å². The summed E-state index contributed by atoms with van der Waals surface area (Å²) >= 11 is 2.22. The summed E-state index contributed by atoms with van der Waals surface area (Å²) in [6.45, 7) is 3.32. The molecule has 1 aliphatic heterocycles. The zero-order chi connectivity index (χ0) is 24.7. The molecule has 1 nitrogen and oxygen atoms in total. The van der Waals surface area contributed by atoms with E-state index in [0.717, 1.165) is 6.61 Å². The fourth-order valence-corrected chi connectivity index (χ4v) is 6.79. The maximum atomic E-state index is 5.84. The van der Waals surface area contributed by atoms with Gasteiger partial charge in [-0.1, -0.05) is 140 Å². The first-order chi connectivity index (χ1) is 17.4. The van der Waals surface area contributed by atoms with Gasteiger partial charge < -0.3 is 4.74 Å². The molecule has 1 fully saturated rings. The number of hydrogen-bond acceptors (Lipinski definition) is 2. The number of hydrogen-bond donors (Lipinski definition) is 0. The van der Waals surface area contributed by atoms with Crippen LogP contribution in [0.1, 0.15) is 159 Å². The summed E-state index contributed by atoms with van der Waals surface area (Å²) in [6, 6.07) is 11.3. The molecule has 2 rings (SSSR count). The maximum Gasteiger partial charge on any atom is 0.0575 e. The molecule has 1 aliphatic rings. The Balaban J connectivity index is 1.34. The minimum atomic E-state index is 0.592. The number of thioether (sulfide) groups is 1. The van der Waals surface area contributed by atoms with Gasteiger partial charge in [0.1, 0.15) is 0 Å². The van der Waals surface area contributed by atoms with E-state index in [0.29, 0.717) is 11.4 Å². The quantitative estimate of drug-likeness (QED) is 0.138. The molecule has 202 valence electrons. The van der Waals surface area contributed by atoms with Gasteiger partial charge in [0, 0.05) is 11.9 Å². The number of ether oxygens (including phenoxy) is 1. The Morgan fingerprint density at radius 2 is 1.31 bits per heavy atom. The van der Waals surface area contributed by atoms with Crippen LogP contribution in [0.15, 0.2) is 30.3 Å². The van der Waals surface area contributed by atoms with E-state index in [-0.39, 0.29) is 0 Å². The van der Waals surface area contributed by atoms with Gasteiger partial charge in [0.05, 0.1) is 6.10 Å². The molecule has 0 saturated carbocycles. The molecule has 1 aromatic carbocycles. The van der Waals surface area contributed by atoms with Crippen molar-refractivity contribution in [2.45, 2.75) is 160 Å². The molecule has 2 unspecified atom stereocenters. The molecule has 0 spiro atoms. The SMILES string of the molecule is CCCCCCC(SCCCCCCCCCCCCCCCC1CCCCO1)c1ccccc1. The summed E-state index contributed by atoms with van der Waals surface area (Å²) in [4.78, 5) is 0. The molecule has 0 N–H and O–H groups in total. The van der Waals surface area contributed by atoms with Crippen LogP contribution < -0.4 is 0 Å². The minimum absolute atomic E-state index is 0.592. The summed E-state index contributed by atoms with van der Waals surface area (Å²) < 4.78 is 5.84. The van der Waals surface area contributed by atoms with Gasteiger partial charge in [0.15, 0.2) is 0 Å². The van der Waals surface area contributed by atoms with Crippen LogP contribution in [0.25, 0.3) is 0 Å². The predicted molar refractivity (Wildman–Crippen MR) is 159 cm³/mol. The Bertz CT molecular complexity index is 553. The van der Waals surface area contributed by atoms with Crippen LogP contribution in [0.2, 0.25) is 0 Å². The Hall–Kier alpha value is -0.470. The lowest BCUT2D eigenvalue weighted by Gasteiger charge is -2.22. The van der Waals surface area contributed by atoms with Gasteiger partial charge in [0.25, 0.3) is 0 Å². The van der Waals surface area contributed by atoms with Crippen molar-refractivity contribution in [3.8, 4) is 0 Å². The fourth-order valence-electron chi connectivity index (χ4n) is 5.45. The lowest BCUT2D eigenvalue weighted by molar-refractivity contribution is 0.00977. The average Bonchev–Trinajstić information content (AvgIpc) is 2.90. The van der Waals surface area contributed by atoms with Gasteiger partial charge in [-0.15, -0.1) is 0 Å². The first-order valence-corrected chi connectivity index (χ1v) is 16.7. The Kier molecular flexibility index (Phi) is 20.0. The number of unbranched alkanes of at least 4 members (excludes halogenated alkanes) is 15. The molecule has 0 aromatic heterocycles. The average molecular weight is 503 g/mol. The van der Waals surface area contributed by atoms with Gasteiger partial charge in [-0.25, -0.2) is 0 Å². The highest BCUT2D eigenvalue weighted by Gasteiger charge is 2.13. The fraction of sp³-hybridized carbons (Fsp3) is 0.818. The van der Waals surface area contributed by atoms with Crippen molar-refractivity contribution >= 4 is 11.8 Å². The smallest absolute Gasteiger partial charge is 0.0575 e. The second-order valence-corrected chi connectivity index (χ2v) is 12.3. The van der Waals surface area contributed by atoms with Gasteiger partial charge in [-0.05, 0) is 49.8 Å². The monoisotopic (exact) mass is 502 g/mol. The normalized spacial score (nSPS) is 17.0. The van der Waals surface area contributed by atoms with Gasteiger partial charge >= 0.3 is 0 Å². The van der Waals surface area contributed by atoms with E-state index in [2.05, 4.69) is 49.0 Å². The zero-order valence-corrected chi connectivity index (χ0v) is 24.1. The molecule has 2 heteroatoms. The van der Waals surface area contributed by atoms with Crippen molar-refractivity contribution in [3.05, 3.63) is 35.9 Å². The summed E-state index contributed by atoms with van der Waals surface area (Å²) in [5, 5.41) is 0.707. The standard InChI is InChI=1S/C33H58OS/c1-2-3-4-20-28-33(31-24-17-16-18-25-31)35-30-23-15-13-11-9-7-5-6-8-10-12-14-19-26-32-27-21-22-29-34-32/h16-18,24-25,32-33H,2-15,19-23,26-30H2,1H3. The third-order valence-electron chi connectivity index (χ3n) is 7.75. The maximum absolute atomic E-state index is 5.84. The predicted octanol–water partition coefficient (Wildman–Crippen LogP) is 11.5. The van der Waals surface area contributed by atoms with Crippen LogP contribution in [0.4, 0.5) is 0 Å². The third kappa shape index (κ3) is 16.8. The van der Waals surface area contributed by atoms with E-state index < -0.39 is 0 Å². The van der Waals surface area contributed by atoms with E-state index in [9.17, 15) is 0 Å². The van der Waals surface area contributed by atoms with Crippen molar-refractivity contribution in [2.75, 3.05) is 12.4 Å². The molecule has 2 atom stereocenters. The summed E-state index contributed by atoms with van der Waals surface area (Å²) in [7, 11) is 0. The van der Waals surface area contributed by atoms with Crippen LogP contribution in [0.3, 0.4) is 0 Å². The Morgan fingerprint density at radius 1 is 0.714 bits per heavy atom. The van der Waals surface area contributed by atoms with Crippen LogP contribution >= 0.6 is 11.8 Å². The summed E-state index contributed by atoms with van der Waals surface area (Å²) in [5.41, 5.74) is 1.54. The van der Waals surface area contributed by atoms with Gasteiger partial charge in [-0.2, -0.15) is 11.8 Å². The van der Waals surface area contributed by atoms with Crippen LogP contribution in [0, 0.1) is 0 Å². The molecular formula is C33H58OS. The first kappa shape index (κ1) is 30.8. The van der Waals surface area contributed by atoms with Crippen LogP contribution in [0.5, 0.6) is 0 Å². The number of rotatable bonds is 23. The molecule has 1 saturated heterocycles. The molecule has 0 bridgehead atoms. The van der Waals surface area contributed by atoms with Crippen molar-refractivity contribution in [1.82, 2.24) is 0 Å². The van der Waals surface area contributed by atoms with Crippen molar-refractivity contribution in [2.24, 2.45) is 0 Å². The van der Waals surface area contributed by atoms with Gasteiger partial charge in [-0.3, -0.25) is 0 Å². The number of benzene rings is 1. The Morgan fingerprint density at radius 3 is 1.91 bits per heavy atom. The van der Waals surface area contributed by atoms with Crippen molar-refractivity contribution in [1.29, 1.82) is 0 Å². The zero-order valence-electron chi connectivity index (χ0n) is 23.3. The summed E-state index contributed by atoms with van der Waals surface area (Å²) in [5.74, 6) is 1.33. The lowest BCUT2D eigenvalue weighted by Crippen LogP contribution is -2.18. The van der Waals surface area contributed by atoms with E-state index in [1.165, 1.54) is 147 Å². The first-order valence-electron chi connectivity index (χ1n) is 15.7. The van der Waals surface area contributed by atoms with Crippen LogP contribution in [-0.2, 0) is 4.74 Å². The van der Waals surface area contributed by atoms with E-state index >= 15 is 0 Å². The largest absolute Gasteiger partial charge is 0.378 e. The van der Waals surface area contributed by atoms with Gasteiger partial charge in [0.2, 0.25) is 0 Å². The second-order valence-electron chi connectivity index (χ2n) is 11.0. The lowest BCUT2D eigenvalue weighted by atomic mass is 10.0. The highest BCUT2D eigenvalue weighted by Crippen LogP contribution is 2.34. The van der Waals surface area contributed by atoms with E-state index in [1.54, 1.807) is 5.56 Å². The molecule has 35 heavy (non-hydrogen) atoms. The highest BCUT2D eigenvalue weighted by atomic mass is 32.2. The topological polar surface area (TPSA) is 9.23 Å². The van der Waals surface area contributed by atoms with E-state index in [1.807, 2.05) is 0 Å². The molecule has 0 aliphatic carbocycles.